The number of rotatable bonds is 4. The van der Waals surface area contributed by atoms with Crippen LogP contribution in [0.5, 0.6) is 0 Å². The number of halogens is 3. The molecule has 4 heterocycles. The summed E-state index contributed by atoms with van der Waals surface area (Å²) in [6.07, 6.45) is 2.65. The second-order valence-electron chi connectivity index (χ2n) is 6.81. The summed E-state index contributed by atoms with van der Waals surface area (Å²) >= 11 is 0. The minimum Gasteiger partial charge on any atom is -0.341 e. The van der Waals surface area contributed by atoms with Gasteiger partial charge in [0, 0.05) is 16.8 Å². The van der Waals surface area contributed by atoms with Gasteiger partial charge in [-0.05, 0) is 31.7 Å². The molecule has 4 aromatic rings. The van der Waals surface area contributed by atoms with Crippen molar-refractivity contribution in [3.05, 3.63) is 90.0 Å². The Labute approximate surface area is 181 Å². The first-order chi connectivity index (χ1) is 13.8. The molecule has 30 heavy (non-hydrogen) atoms. The molecule has 0 atom stereocenters. The van der Waals surface area contributed by atoms with E-state index in [4.69, 9.17) is 0 Å². The third-order valence-electron chi connectivity index (χ3n) is 4.49. The molecule has 0 unspecified atom stereocenters. The molecule has 0 amide bonds. The zero-order chi connectivity index (χ0) is 20.6. The molecule has 0 aliphatic carbocycles. The van der Waals surface area contributed by atoms with Gasteiger partial charge in [0.2, 0.25) is 0 Å². The predicted molar refractivity (Wildman–Crippen MR) is 98.5 cm³/mol. The molecule has 4 rings (SSSR count). The van der Waals surface area contributed by atoms with Crippen molar-refractivity contribution < 1.29 is 29.7 Å². The van der Waals surface area contributed by atoms with Crippen LogP contribution in [0.1, 0.15) is 25.2 Å². The Morgan fingerprint density at radius 3 is 2.23 bits per heavy atom. The third-order valence-corrected chi connectivity index (χ3v) is 4.49. The fraction of sp³-hybridized carbons (Fsp3) is 0.143. The standard InChI is InChI=1S/C21H14F3N5.Ni/c1-21(2,16-7-4-8-19(26-16)29-12-11-18(23)28-29)15-6-3-5-14(25-15)13-9-10-17(22)27-20(13)24;/h3-8,10-11H,1-2H3;/q-2;+2. The van der Waals surface area contributed by atoms with Crippen molar-refractivity contribution in [3.8, 4) is 17.1 Å². The van der Waals surface area contributed by atoms with Gasteiger partial charge in [0.05, 0.1) is 5.82 Å². The first-order valence-electron chi connectivity index (χ1n) is 8.67. The fourth-order valence-electron chi connectivity index (χ4n) is 2.88. The molecule has 0 aliphatic heterocycles. The van der Waals surface area contributed by atoms with Crippen LogP contribution in [0.25, 0.3) is 17.1 Å². The predicted octanol–water partition coefficient (Wildman–Crippen LogP) is 4.07. The number of hydrogen-bond donors (Lipinski definition) is 0. The Kier molecular flexibility index (Phi) is 6.03. The van der Waals surface area contributed by atoms with Crippen LogP contribution in [0.4, 0.5) is 13.2 Å². The van der Waals surface area contributed by atoms with Crippen LogP contribution in [0.2, 0.25) is 0 Å². The van der Waals surface area contributed by atoms with Gasteiger partial charge in [0.25, 0.3) is 0 Å². The van der Waals surface area contributed by atoms with Crippen LogP contribution in [0.3, 0.4) is 0 Å². The topological polar surface area (TPSA) is 56.5 Å². The molecular formula is C21H14F3N5Ni. The molecule has 0 radical (unpaired) electrons. The van der Waals surface area contributed by atoms with Gasteiger partial charge in [-0.3, -0.25) is 14.4 Å². The monoisotopic (exact) mass is 451 g/mol. The van der Waals surface area contributed by atoms with Gasteiger partial charge >= 0.3 is 16.5 Å². The minimum absolute atomic E-state index is 0. The number of pyridine rings is 3. The summed E-state index contributed by atoms with van der Waals surface area (Å²) in [4.78, 5) is 12.3. The van der Waals surface area contributed by atoms with E-state index >= 15 is 0 Å². The molecule has 0 bridgehead atoms. The van der Waals surface area contributed by atoms with Crippen LogP contribution in [0.15, 0.2) is 48.5 Å². The van der Waals surface area contributed by atoms with E-state index in [1.807, 2.05) is 19.9 Å². The van der Waals surface area contributed by atoms with E-state index < -0.39 is 23.3 Å². The van der Waals surface area contributed by atoms with E-state index in [0.717, 1.165) is 12.1 Å². The van der Waals surface area contributed by atoms with Crippen LogP contribution >= 0.6 is 0 Å². The van der Waals surface area contributed by atoms with E-state index in [1.165, 1.54) is 4.68 Å². The quantitative estimate of drug-likeness (QED) is 0.266. The van der Waals surface area contributed by atoms with E-state index in [0.29, 0.717) is 17.2 Å². The largest absolute Gasteiger partial charge is 2.00 e. The maximum Gasteiger partial charge on any atom is 2.00 e. The first kappa shape index (κ1) is 21.6. The number of hydrogen-bond acceptors (Lipinski definition) is 4. The summed E-state index contributed by atoms with van der Waals surface area (Å²) < 4.78 is 41.6. The van der Waals surface area contributed by atoms with E-state index in [1.54, 1.807) is 30.3 Å². The summed E-state index contributed by atoms with van der Waals surface area (Å²) in [5, 5.41) is 3.68. The summed E-state index contributed by atoms with van der Waals surface area (Å²) in [7, 11) is 0. The maximum atomic E-state index is 14.1. The van der Waals surface area contributed by atoms with Gasteiger partial charge in [0.1, 0.15) is 17.8 Å². The van der Waals surface area contributed by atoms with E-state index in [2.05, 4.69) is 32.3 Å². The van der Waals surface area contributed by atoms with Gasteiger partial charge < -0.3 is 9.67 Å². The average molecular weight is 452 g/mol. The van der Waals surface area contributed by atoms with Crippen molar-refractivity contribution in [1.29, 1.82) is 0 Å². The van der Waals surface area contributed by atoms with Crippen molar-refractivity contribution in [3.63, 3.8) is 0 Å². The second-order valence-corrected chi connectivity index (χ2v) is 6.81. The molecule has 0 aliphatic rings. The minimum atomic E-state index is -0.983. The van der Waals surface area contributed by atoms with E-state index in [-0.39, 0.29) is 27.7 Å². The van der Waals surface area contributed by atoms with Gasteiger partial charge in [-0.1, -0.05) is 42.1 Å². The van der Waals surface area contributed by atoms with Crippen LogP contribution < -0.4 is 0 Å². The van der Waals surface area contributed by atoms with Crippen LogP contribution in [0, 0.1) is 30.1 Å². The zero-order valence-corrected chi connectivity index (χ0v) is 16.8. The fourth-order valence-corrected chi connectivity index (χ4v) is 2.88. The molecule has 9 heteroatoms. The summed E-state index contributed by atoms with van der Waals surface area (Å²) in [6, 6.07) is 15.0. The van der Waals surface area contributed by atoms with E-state index in [9.17, 15) is 13.2 Å². The third kappa shape index (κ3) is 4.12. The normalized spacial score (nSPS) is 11.2. The average Bonchev–Trinajstić information content (AvgIpc) is 3.14. The van der Waals surface area contributed by atoms with Gasteiger partial charge in [-0.2, -0.15) is 0 Å². The van der Waals surface area contributed by atoms with Crippen molar-refractivity contribution >= 4 is 0 Å². The molecule has 0 fully saturated rings. The summed E-state index contributed by atoms with van der Waals surface area (Å²) in [6.45, 7) is 3.81. The number of nitrogens with zero attached hydrogens (tertiary/aromatic N) is 5. The second kappa shape index (κ2) is 8.36. The van der Waals surface area contributed by atoms with Crippen molar-refractivity contribution in [2.75, 3.05) is 0 Å². The Hall–Kier alpha value is -3.06. The molecule has 4 aromatic heterocycles. The Morgan fingerprint density at radius 1 is 0.867 bits per heavy atom. The molecule has 0 saturated carbocycles. The van der Waals surface area contributed by atoms with Crippen LogP contribution in [-0.2, 0) is 21.9 Å². The Morgan fingerprint density at radius 2 is 1.57 bits per heavy atom. The van der Waals surface area contributed by atoms with Crippen molar-refractivity contribution in [1.82, 2.24) is 24.7 Å². The SMILES string of the molecule is CC(C)(c1cccc(-c2[c-]cc(F)nc2F)n1)c1cccc(-n2[c-]cc(F)n2)n1.[Ni+2]. The molecule has 5 nitrogen and oxygen atoms in total. The molecule has 0 spiro atoms. The number of aromatic nitrogens is 5. The molecular weight excluding hydrogens is 438 g/mol. The maximum absolute atomic E-state index is 14.1. The summed E-state index contributed by atoms with van der Waals surface area (Å²) in [5.74, 6) is -2.19. The zero-order valence-electron chi connectivity index (χ0n) is 15.8. The Balaban J connectivity index is 0.00000256. The van der Waals surface area contributed by atoms with Crippen molar-refractivity contribution in [2.45, 2.75) is 19.3 Å². The van der Waals surface area contributed by atoms with Crippen molar-refractivity contribution in [2.24, 2.45) is 0 Å². The van der Waals surface area contributed by atoms with Gasteiger partial charge in [-0.25, -0.2) is 13.9 Å². The van der Waals surface area contributed by atoms with Crippen LogP contribution in [-0.4, -0.2) is 24.7 Å². The summed E-state index contributed by atoms with van der Waals surface area (Å²) in [5.41, 5.74) is 0.825. The smallest absolute Gasteiger partial charge is 0.341 e. The molecule has 0 N–H and O–H groups in total. The Bertz CT molecular complexity index is 1190. The van der Waals surface area contributed by atoms with Gasteiger partial charge in [-0.15, -0.1) is 12.1 Å². The first-order valence-corrected chi connectivity index (χ1v) is 8.67. The molecule has 0 saturated heterocycles. The van der Waals surface area contributed by atoms with Gasteiger partial charge in [0.15, 0.2) is 0 Å². The molecule has 0 aromatic carbocycles. The molecule has 154 valence electrons.